The minimum absolute atomic E-state index is 0.396. The molecule has 0 radical (unpaired) electrons. The van der Waals surface area contributed by atoms with Crippen LogP contribution in [0.25, 0.3) is 0 Å². The average Bonchev–Trinajstić information content (AvgIpc) is 2.42. The fourth-order valence-electron chi connectivity index (χ4n) is 2.09. The lowest BCUT2D eigenvalue weighted by molar-refractivity contribution is 1.11. The summed E-state index contributed by atoms with van der Waals surface area (Å²) in [6.45, 7) is 2.10. The molecule has 2 rings (SSSR count). The molecule has 0 saturated carbocycles. The first kappa shape index (κ1) is 15.8. The Morgan fingerprint density at radius 1 is 1.19 bits per heavy atom. The first-order valence-electron chi connectivity index (χ1n) is 6.53. The summed E-state index contributed by atoms with van der Waals surface area (Å²) in [5.41, 5.74) is 10.9. The molecule has 0 atom stereocenters. The number of hydrogen-bond acceptors (Lipinski definition) is 3. The second-order valence-electron chi connectivity index (χ2n) is 5.08. The normalized spacial score (nSPS) is 10.3. The van der Waals surface area contributed by atoms with Crippen molar-refractivity contribution in [2.45, 2.75) is 6.92 Å². The van der Waals surface area contributed by atoms with E-state index in [0.717, 1.165) is 21.4 Å². The van der Waals surface area contributed by atoms with Gasteiger partial charge >= 0.3 is 0 Å². The van der Waals surface area contributed by atoms with E-state index in [2.05, 4.69) is 51.3 Å². The van der Waals surface area contributed by atoms with Crippen LogP contribution in [0.15, 0.2) is 40.9 Å². The predicted molar refractivity (Wildman–Crippen MR) is 98.8 cm³/mol. The SMILES string of the molecule is Cc1ccc(Nc2ccc(C(N)=S)cc2Br)cc1N(C)C. The molecule has 0 aromatic heterocycles. The van der Waals surface area contributed by atoms with Crippen LogP contribution in [0.1, 0.15) is 11.1 Å². The molecule has 0 amide bonds. The van der Waals surface area contributed by atoms with Crippen molar-refractivity contribution in [3.63, 3.8) is 0 Å². The number of nitrogens with zero attached hydrogens (tertiary/aromatic N) is 1. The van der Waals surface area contributed by atoms with Gasteiger partial charge in [-0.3, -0.25) is 0 Å². The summed E-state index contributed by atoms with van der Waals surface area (Å²) in [4.78, 5) is 2.50. The summed E-state index contributed by atoms with van der Waals surface area (Å²) in [5, 5.41) is 3.40. The lowest BCUT2D eigenvalue weighted by Gasteiger charge is -2.18. The highest BCUT2D eigenvalue weighted by molar-refractivity contribution is 9.10. The molecule has 3 nitrogen and oxygen atoms in total. The van der Waals surface area contributed by atoms with Crippen molar-refractivity contribution in [1.29, 1.82) is 0 Å². The molecule has 0 fully saturated rings. The summed E-state index contributed by atoms with van der Waals surface area (Å²) in [6, 6.07) is 12.1. The van der Waals surface area contributed by atoms with Crippen molar-refractivity contribution in [3.05, 3.63) is 52.0 Å². The van der Waals surface area contributed by atoms with Gasteiger partial charge in [0.2, 0.25) is 0 Å². The maximum atomic E-state index is 5.64. The van der Waals surface area contributed by atoms with Crippen molar-refractivity contribution in [2.75, 3.05) is 24.3 Å². The van der Waals surface area contributed by atoms with Crippen molar-refractivity contribution < 1.29 is 0 Å². The lowest BCUT2D eigenvalue weighted by atomic mass is 10.1. The Kier molecular flexibility index (Phi) is 4.85. The quantitative estimate of drug-likeness (QED) is 0.798. The summed E-state index contributed by atoms with van der Waals surface area (Å²) >= 11 is 8.53. The molecule has 0 saturated heterocycles. The predicted octanol–water partition coefficient (Wildman–Crippen LogP) is 4.20. The van der Waals surface area contributed by atoms with Crippen molar-refractivity contribution in [2.24, 2.45) is 5.73 Å². The van der Waals surface area contributed by atoms with Crippen LogP contribution < -0.4 is 16.0 Å². The third kappa shape index (κ3) is 3.74. The lowest BCUT2D eigenvalue weighted by Crippen LogP contribution is -2.10. The van der Waals surface area contributed by atoms with Gasteiger partial charge in [0.05, 0.1) is 5.69 Å². The number of thiocarbonyl (C=S) groups is 1. The fraction of sp³-hybridized carbons (Fsp3) is 0.188. The number of hydrogen-bond donors (Lipinski definition) is 2. The van der Waals surface area contributed by atoms with E-state index in [1.165, 1.54) is 11.3 Å². The van der Waals surface area contributed by atoms with E-state index in [1.807, 2.05) is 32.3 Å². The highest BCUT2D eigenvalue weighted by Crippen LogP contribution is 2.29. The Bertz CT molecular complexity index is 683. The molecule has 2 aromatic rings. The minimum atomic E-state index is 0.396. The second-order valence-corrected chi connectivity index (χ2v) is 6.37. The topological polar surface area (TPSA) is 41.3 Å². The van der Waals surface area contributed by atoms with Gasteiger partial charge in [-0.1, -0.05) is 18.3 Å². The number of rotatable bonds is 4. The number of halogens is 1. The molecule has 21 heavy (non-hydrogen) atoms. The second kappa shape index (κ2) is 6.45. The van der Waals surface area contributed by atoms with Crippen molar-refractivity contribution >= 4 is 50.2 Å². The maximum Gasteiger partial charge on any atom is 0.104 e. The van der Waals surface area contributed by atoms with Crippen LogP contribution in [0.2, 0.25) is 0 Å². The van der Waals surface area contributed by atoms with E-state index in [0.29, 0.717) is 4.99 Å². The molecule has 0 heterocycles. The van der Waals surface area contributed by atoms with Gasteiger partial charge in [-0.05, 0) is 58.7 Å². The average molecular weight is 364 g/mol. The van der Waals surface area contributed by atoms with Gasteiger partial charge in [0.25, 0.3) is 0 Å². The van der Waals surface area contributed by atoms with Gasteiger partial charge in [-0.2, -0.15) is 0 Å². The highest BCUT2D eigenvalue weighted by Gasteiger charge is 2.06. The molecular weight excluding hydrogens is 346 g/mol. The third-order valence-electron chi connectivity index (χ3n) is 3.22. The monoisotopic (exact) mass is 363 g/mol. The standard InChI is InChI=1S/C16H18BrN3S/c1-10-4-6-12(9-15(10)20(2)3)19-14-7-5-11(16(18)21)8-13(14)17/h4-9,19H,1-3H3,(H2,18,21). The molecule has 0 unspecified atom stereocenters. The van der Waals surface area contributed by atoms with Gasteiger partial charge < -0.3 is 16.0 Å². The summed E-state index contributed by atoms with van der Waals surface area (Å²) < 4.78 is 0.930. The number of anilines is 3. The van der Waals surface area contributed by atoms with Gasteiger partial charge in [0, 0.05) is 35.5 Å². The molecule has 0 bridgehead atoms. The summed E-state index contributed by atoms with van der Waals surface area (Å²) in [6.07, 6.45) is 0. The van der Waals surface area contributed by atoms with Crippen LogP contribution in [-0.4, -0.2) is 19.1 Å². The maximum absolute atomic E-state index is 5.64. The zero-order chi connectivity index (χ0) is 15.6. The first-order chi connectivity index (χ1) is 9.88. The molecule has 110 valence electrons. The Balaban J connectivity index is 2.30. The van der Waals surface area contributed by atoms with Gasteiger partial charge in [0.1, 0.15) is 4.99 Å². The van der Waals surface area contributed by atoms with Crippen molar-refractivity contribution in [1.82, 2.24) is 0 Å². The third-order valence-corrected chi connectivity index (χ3v) is 4.12. The molecule has 0 aliphatic carbocycles. The molecule has 2 aromatic carbocycles. The highest BCUT2D eigenvalue weighted by atomic mass is 79.9. The molecule has 0 aliphatic rings. The Morgan fingerprint density at radius 3 is 2.48 bits per heavy atom. The smallest absolute Gasteiger partial charge is 0.104 e. The number of benzene rings is 2. The Labute approximate surface area is 139 Å². The van der Waals surface area contributed by atoms with Crippen LogP contribution in [0.5, 0.6) is 0 Å². The van der Waals surface area contributed by atoms with E-state index in [4.69, 9.17) is 18.0 Å². The first-order valence-corrected chi connectivity index (χ1v) is 7.73. The van der Waals surface area contributed by atoms with E-state index < -0.39 is 0 Å². The fourth-order valence-corrected chi connectivity index (χ4v) is 2.70. The zero-order valence-corrected chi connectivity index (χ0v) is 14.7. The molecule has 3 N–H and O–H groups in total. The van der Waals surface area contributed by atoms with Gasteiger partial charge in [0.15, 0.2) is 0 Å². The van der Waals surface area contributed by atoms with Crippen LogP contribution >= 0.6 is 28.1 Å². The molecule has 0 aliphatic heterocycles. The summed E-state index contributed by atoms with van der Waals surface area (Å²) in [5.74, 6) is 0. The zero-order valence-electron chi connectivity index (χ0n) is 12.3. The van der Waals surface area contributed by atoms with E-state index in [1.54, 1.807) is 0 Å². The number of nitrogens with one attached hydrogen (secondary N) is 1. The Hall–Kier alpha value is -1.59. The minimum Gasteiger partial charge on any atom is -0.389 e. The van der Waals surface area contributed by atoms with E-state index in [9.17, 15) is 0 Å². The molecule has 5 heteroatoms. The summed E-state index contributed by atoms with van der Waals surface area (Å²) in [7, 11) is 4.08. The van der Waals surface area contributed by atoms with E-state index in [-0.39, 0.29) is 0 Å². The van der Waals surface area contributed by atoms with Gasteiger partial charge in [-0.15, -0.1) is 0 Å². The number of aryl methyl sites for hydroxylation is 1. The van der Waals surface area contributed by atoms with Crippen LogP contribution in [-0.2, 0) is 0 Å². The van der Waals surface area contributed by atoms with Crippen LogP contribution in [0.3, 0.4) is 0 Å². The Morgan fingerprint density at radius 2 is 1.90 bits per heavy atom. The van der Waals surface area contributed by atoms with Crippen LogP contribution in [0, 0.1) is 6.92 Å². The number of nitrogens with two attached hydrogens (primary N) is 1. The largest absolute Gasteiger partial charge is 0.389 e. The molecular formula is C16H18BrN3S. The van der Waals surface area contributed by atoms with Gasteiger partial charge in [-0.25, -0.2) is 0 Å². The van der Waals surface area contributed by atoms with E-state index >= 15 is 0 Å². The van der Waals surface area contributed by atoms with Crippen molar-refractivity contribution in [3.8, 4) is 0 Å². The van der Waals surface area contributed by atoms with Crippen LogP contribution in [0.4, 0.5) is 17.1 Å². The molecule has 0 spiro atoms.